The van der Waals surface area contributed by atoms with Gasteiger partial charge in [-0.1, -0.05) is 6.92 Å². The molecule has 0 aliphatic carbocycles. The van der Waals surface area contributed by atoms with Crippen LogP contribution in [0.2, 0.25) is 0 Å². The third-order valence-electron chi connectivity index (χ3n) is 7.86. The molecule has 3 heterocycles. The number of methoxy groups -OCH3 is 2. The number of carbonyl (C=O) groups is 2. The van der Waals surface area contributed by atoms with E-state index in [1.54, 1.807) is 6.92 Å². The second-order valence-corrected chi connectivity index (χ2v) is 11.1. The van der Waals surface area contributed by atoms with E-state index in [9.17, 15) is 40.2 Å². The van der Waals surface area contributed by atoms with E-state index >= 15 is 0 Å². The average Bonchev–Trinajstić information content (AvgIpc) is 3.03. The zero-order valence-corrected chi connectivity index (χ0v) is 26.0. The first kappa shape index (κ1) is 40.5. The second kappa shape index (κ2) is 18.7. The number of hydrogen-bond acceptors (Lipinski definition) is 19. The number of ether oxygens (including phenoxy) is 8. The van der Waals surface area contributed by atoms with Crippen LogP contribution in [0.15, 0.2) is 0 Å². The van der Waals surface area contributed by atoms with Gasteiger partial charge in [-0.3, -0.25) is 0 Å². The van der Waals surface area contributed by atoms with Crippen LogP contribution in [0.25, 0.3) is 0 Å². The number of aliphatic hydroxyl groups is 6. The van der Waals surface area contributed by atoms with Crippen LogP contribution in [0.5, 0.6) is 0 Å². The minimum absolute atomic E-state index is 0.225. The summed E-state index contributed by atoms with van der Waals surface area (Å²) in [4.78, 5) is 20.7. The van der Waals surface area contributed by atoms with E-state index < -0.39 is 130 Å². The van der Waals surface area contributed by atoms with Crippen LogP contribution in [-0.2, 0) is 47.5 Å². The lowest BCUT2D eigenvalue weighted by atomic mass is 9.89. The Bertz CT molecular complexity index is 932. The molecule has 13 N–H and O–H groups in total. The highest BCUT2D eigenvalue weighted by atomic mass is 16.7. The summed E-state index contributed by atoms with van der Waals surface area (Å²) in [6.45, 7) is 1.15. The molecule has 0 bridgehead atoms. The topological polar surface area (TPSA) is 328 Å². The van der Waals surface area contributed by atoms with Gasteiger partial charge in [0, 0.05) is 20.1 Å². The van der Waals surface area contributed by atoms with Crippen LogP contribution >= 0.6 is 0 Å². The van der Waals surface area contributed by atoms with Crippen molar-refractivity contribution in [1.29, 1.82) is 0 Å². The maximum atomic E-state index is 10.9. The van der Waals surface area contributed by atoms with Gasteiger partial charge in [0.25, 0.3) is 0 Å². The molecule has 3 saturated heterocycles. The molecule has 0 amide bonds. The average molecular weight is 676 g/mol. The molecule has 20 nitrogen and oxygen atoms in total. The summed E-state index contributed by atoms with van der Waals surface area (Å²) >= 11 is 0. The van der Waals surface area contributed by atoms with Crippen molar-refractivity contribution in [2.24, 2.45) is 23.1 Å². The van der Waals surface area contributed by atoms with Gasteiger partial charge < -0.3 is 90.8 Å². The quantitative estimate of drug-likeness (QED) is 0.0860. The van der Waals surface area contributed by atoms with Gasteiger partial charge in [0.2, 0.25) is 0 Å². The number of rotatable bonds is 12. The summed E-state index contributed by atoms with van der Waals surface area (Å²) in [5.41, 5.74) is 18.1. The van der Waals surface area contributed by atoms with Crippen LogP contribution < -0.4 is 17.2 Å². The van der Waals surface area contributed by atoms with Gasteiger partial charge in [0.05, 0.1) is 50.2 Å². The number of hydrogen-bond donors (Lipinski definition) is 10. The molecule has 3 fully saturated rings. The van der Waals surface area contributed by atoms with Gasteiger partial charge in [0.15, 0.2) is 25.0 Å². The maximum absolute atomic E-state index is 10.9. The molecular formula is C26H49N3O17. The second-order valence-electron chi connectivity index (χ2n) is 11.1. The standard InChI is InChI=1S/C20H39N3O12.C6H10O5/c1-6-7(3-24)31-19(10(21)13(6)27)34-17-9(5-26)33-20(12(23)15(17)29)35-16-8(4-25)32-18(30-2)11(22)14(16)28;1-4(6(8)9)11-5(7)3-10-2/h6-20,24-29H,3-5,21-23H2,1-2H3;4H,3H2,1-2H3,(H,8,9)/t6-,7+,8+,9?,10?,11?,12?,13?,14?,15-,16-,17-,18-,19+,20+;/m1./s1. The molecule has 46 heavy (non-hydrogen) atoms. The maximum Gasteiger partial charge on any atom is 0.344 e. The van der Waals surface area contributed by atoms with Crippen molar-refractivity contribution in [2.45, 2.75) is 106 Å². The van der Waals surface area contributed by atoms with E-state index in [1.165, 1.54) is 21.1 Å². The molecule has 270 valence electrons. The Balaban J connectivity index is 0.000000572. The Morgan fingerprint density at radius 1 is 0.739 bits per heavy atom. The summed E-state index contributed by atoms with van der Waals surface area (Å²) in [7, 11) is 2.66. The van der Waals surface area contributed by atoms with Crippen LogP contribution in [-0.4, -0.2) is 180 Å². The van der Waals surface area contributed by atoms with Gasteiger partial charge in [0.1, 0.15) is 43.2 Å². The number of esters is 1. The molecule has 3 aliphatic heterocycles. The highest BCUT2D eigenvalue weighted by Crippen LogP contribution is 2.32. The predicted octanol–water partition coefficient (Wildman–Crippen LogP) is -6.10. The van der Waals surface area contributed by atoms with Crippen molar-refractivity contribution >= 4 is 11.9 Å². The van der Waals surface area contributed by atoms with Crippen molar-refractivity contribution in [1.82, 2.24) is 0 Å². The number of nitrogens with two attached hydrogens (primary N) is 3. The fraction of sp³-hybridized carbons (Fsp3) is 0.923. The third kappa shape index (κ3) is 9.92. The summed E-state index contributed by atoms with van der Waals surface area (Å²) < 4.78 is 42.3. The van der Waals surface area contributed by atoms with E-state index in [4.69, 9.17) is 50.7 Å². The Morgan fingerprint density at radius 3 is 1.57 bits per heavy atom. The molecule has 0 radical (unpaired) electrons. The molecule has 0 aromatic rings. The number of carboxylic acid groups (broad SMARTS) is 1. The predicted molar refractivity (Wildman–Crippen MR) is 150 cm³/mol. The Morgan fingerprint density at radius 2 is 1.15 bits per heavy atom. The lowest BCUT2D eigenvalue weighted by molar-refractivity contribution is -0.347. The van der Waals surface area contributed by atoms with E-state index in [2.05, 4.69) is 9.47 Å². The van der Waals surface area contributed by atoms with Crippen molar-refractivity contribution in [3.05, 3.63) is 0 Å². The fourth-order valence-corrected chi connectivity index (χ4v) is 5.01. The molecule has 20 heteroatoms. The van der Waals surface area contributed by atoms with Crippen LogP contribution in [0.1, 0.15) is 13.8 Å². The fourth-order valence-electron chi connectivity index (χ4n) is 5.01. The van der Waals surface area contributed by atoms with E-state index in [-0.39, 0.29) is 6.61 Å². The summed E-state index contributed by atoms with van der Waals surface area (Å²) in [6, 6.07) is -3.27. The number of aliphatic carboxylic acids is 1. The summed E-state index contributed by atoms with van der Waals surface area (Å²) in [5.74, 6) is -2.32. The van der Waals surface area contributed by atoms with Gasteiger partial charge in [-0.05, 0) is 6.92 Å². The van der Waals surface area contributed by atoms with Crippen LogP contribution in [0.3, 0.4) is 0 Å². The van der Waals surface area contributed by atoms with E-state index in [0.29, 0.717) is 0 Å². The van der Waals surface area contributed by atoms with Gasteiger partial charge in [-0.2, -0.15) is 0 Å². The lowest BCUT2D eigenvalue weighted by Crippen LogP contribution is -2.69. The first-order valence-electron chi connectivity index (χ1n) is 14.5. The molecule has 0 aromatic carbocycles. The normalized spacial score (nSPS) is 42.0. The Labute approximate surface area is 265 Å². The molecule has 0 spiro atoms. The highest BCUT2D eigenvalue weighted by molar-refractivity contribution is 5.78. The van der Waals surface area contributed by atoms with E-state index in [0.717, 1.165) is 0 Å². The molecule has 3 rings (SSSR count). The first-order valence-corrected chi connectivity index (χ1v) is 14.5. The minimum Gasteiger partial charge on any atom is -0.479 e. The Hall–Kier alpha value is -1.70. The van der Waals surface area contributed by atoms with Crippen LogP contribution in [0.4, 0.5) is 0 Å². The molecule has 7 unspecified atom stereocenters. The van der Waals surface area contributed by atoms with Crippen molar-refractivity contribution in [3.8, 4) is 0 Å². The number of carboxylic acids is 1. The molecule has 0 aromatic heterocycles. The lowest BCUT2D eigenvalue weighted by Gasteiger charge is -2.49. The van der Waals surface area contributed by atoms with Gasteiger partial charge >= 0.3 is 11.9 Å². The smallest absolute Gasteiger partial charge is 0.344 e. The number of aliphatic hydroxyl groups excluding tert-OH is 6. The van der Waals surface area contributed by atoms with Crippen molar-refractivity contribution < 1.29 is 83.2 Å². The molecule has 3 aliphatic rings. The van der Waals surface area contributed by atoms with Crippen molar-refractivity contribution in [2.75, 3.05) is 40.6 Å². The highest BCUT2D eigenvalue weighted by Gasteiger charge is 2.52. The Kier molecular flexibility index (Phi) is 16.5. The van der Waals surface area contributed by atoms with Gasteiger partial charge in [-0.15, -0.1) is 0 Å². The summed E-state index contributed by atoms with van der Waals surface area (Å²) in [5, 5.41) is 69.3. The SMILES string of the molecule is COCC(=O)OC(C)C(=O)O.CO[C@@H]1O[C@@H](CO)[C@@H](O[C@@H]2OC(CO)[C@@H](O[C@@H]3O[C@@H](CO)[C@@H](C)C(O)C3N)[C@H](O)C2N)C(O)C1N. The van der Waals surface area contributed by atoms with Gasteiger partial charge in [-0.25, -0.2) is 9.59 Å². The van der Waals surface area contributed by atoms with Crippen molar-refractivity contribution in [3.63, 3.8) is 0 Å². The molecule has 16 atom stereocenters. The monoisotopic (exact) mass is 675 g/mol. The first-order chi connectivity index (χ1) is 21.7. The van der Waals surface area contributed by atoms with E-state index in [1.807, 2.05) is 0 Å². The largest absolute Gasteiger partial charge is 0.479 e. The number of carbonyl (C=O) groups excluding carboxylic acids is 1. The molecular weight excluding hydrogens is 626 g/mol. The minimum atomic E-state index is -1.47. The molecule has 0 saturated carbocycles. The zero-order valence-electron chi connectivity index (χ0n) is 26.0. The summed E-state index contributed by atoms with van der Waals surface area (Å²) in [6.07, 6.45) is -14.0. The zero-order chi connectivity index (χ0) is 34.9. The van der Waals surface area contributed by atoms with Crippen LogP contribution in [0, 0.1) is 5.92 Å². The third-order valence-corrected chi connectivity index (χ3v) is 7.86.